The van der Waals surface area contributed by atoms with E-state index in [1.807, 2.05) is 0 Å². The van der Waals surface area contributed by atoms with Crippen LogP contribution in [0, 0.1) is 18.2 Å². The van der Waals surface area contributed by atoms with Gasteiger partial charge >= 0.3 is 0 Å². The van der Waals surface area contributed by atoms with Gasteiger partial charge < -0.3 is 0 Å². The van der Waals surface area contributed by atoms with Gasteiger partial charge in [-0.3, -0.25) is 0 Å². The van der Waals surface area contributed by atoms with Crippen molar-refractivity contribution in [1.29, 1.82) is 0 Å². The summed E-state index contributed by atoms with van der Waals surface area (Å²) in [4.78, 5) is 0. The molecule has 0 atom stereocenters. The van der Waals surface area contributed by atoms with E-state index in [2.05, 4.69) is 21.9 Å². The van der Waals surface area contributed by atoms with Gasteiger partial charge in [-0.05, 0) is 33.6 Å². The van der Waals surface area contributed by atoms with Crippen LogP contribution < -0.4 is 0 Å². The van der Waals surface area contributed by atoms with Gasteiger partial charge in [-0.1, -0.05) is 6.07 Å². The van der Waals surface area contributed by atoms with Crippen LogP contribution >= 0.6 is 15.9 Å². The quantitative estimate of drug-likeness (QED) is 0.629. The molecular formula is C9H6BrF. The lowest BCUT2D eigenvalue weighted by atomic mass is 10.2. The van der Waals surface area contributed by atoms with Gasteiger partial charge in [-0.15, -0.1) is 12.3 Å². The Morgan fingerprint density at radius 1 is 1.55 bits per heavy atom. The van der Waals surface area contributed by atoms with Crippen LogP contribution in [0.15, 0.2) is 22.7 Å². The monoisotopic (exact) mass is 212 g/mol. The molecule has 0 saturated carbocycles. The highest BCUT2D eigenvalue weighted by Gasteiger charge is 1.98. The van der Waals surface area contributed by atoms with E-state index < -0.39 is 0 Å². The lowest BCUT2D eigenvalue weighted by Gasteiger charge is -1.96. The standard InChI is InChI=1S/C9H6BrF/c1-2-3-7-4-5-8(10)9(11)6-7/h1,4-6H,3H2. The molecule has 0 aliphatic rings. The second-order valence-electron chi connectivity index (χ2n) is 2.13. The second kappa shape index (κ2) is 3.54. The average Bonchev–Trinajstić information content (AvgIpc) is 1.98. The zero-order valence-electron chi connectivity index (χ0n) is 5.77. The molecule has 0 unspecified atom stereocenters. The third-order valence-corrected chi connectivity index (χ3v) is 1.93. The molecule has 0 heterocycles. The first-order valence-electron chi connectivity index (χ1n) is 3.11. The fourth-order valence-corrected chi connectivity index (χ4v) is 1.01. The number of terminal acetylenes is 1. The molecule has 0 fully saturated rings. The maximum Gasteiger partial charge on any atom is 0.137 e. The molecule has 0 nitrogen and oxygen atoms in total. The van der Waals surface area contributed by atoms with Gasteiger partial charge in [0.15, 0.2) is 0 Å². The maximum absolute atomic E-state index is 12.8. The summed E-state index contributed by atoms with van der Waals surface area (Å²) >= 11 is 3.05. The third kappa shape index (κ3) is 2.06. The minimum Gasteiger partial charge on any atom is -0.206 e. The summed E-state index contributed by atoms with van der Waals surface area (Å²) in [5.74, 6) is 2.18. The van der Waals surface area contributed by atoms with Crippen molar-refractivity contribution in [2.45, 2.75) is 6.42 Å². The normalized spacial score (nSPS) is 9.18. The molecule has 1 rings (SSSR count). The van der Waals surface area contributed by atoms with E-state index in [1.165, 1.54) is 6.07 Å². The zero-order chi connectivity index (χ0) is 8.27. The first-order valence-corrected chi connectivity index (χ1v) is 3.90. The van der Waals surface area contributed by atoms with Crippen LogP contribution in [0.1, 0.15) is 5.56 Å². The van der Waals surface area contributed by atoms with Crippen molar-refractivity contribution < 1.29 is 4.39 Å². The number of rotatable bonds is 1. The van der Waals surface area contributed by atoms with E-state index >= 15 is 0 Å². The molecule has 0 saturated heterocycles. The van der Waals surface area contributed by atoms with Crippen LogP contribution in [0.4, 0.5) is 4.39 Å². The van der Waals surface area contributed by atoms with Gasteiger partial charge in [0.2, 0.25) is 0 Å². The highest BCUT2D eigenvalue weighted by molar-refractivity contribution is 9.10. The van der Waals surface area contributed by atoms with Crippen LogP contribution in [0.2, 0.25) is 0 Å². The Balaban J connectivity index is 2.98. The summed E-state index contributed by atoms with van der Waals surface area (Å²) in [7, 11) is 0. The molecule has 0 N–H and O–H groups in total. The highest BCUT2D eigenvalue weighted by atomic mass is 79.9. The summed E-state index contributed by atoms with van der Waals surface area (Å²) in [6.45, 7) is 0. The van der Waals surface area contributed by atoms with Crippen LogP contribution in [0.25, 0.3) is 0 Å². The lowest BCUT2D eigenvalue weighted by Crippen LogP contribution is -1.83. The Morgan fingerprint density at radius 3 is 2.82 bits per heavy atom. The average molecular weight is 213 g/mol. The minimum absolute atomic E-state index is 0.266. The zero-order valence-corrected chi connectivity index (χ0v) is 7.36. The summed E-state index contributed by atoms with van der Waals surface area (Å²) in [5.41, 5.74) is 0.827. The largest absolute Gasteiger partial charge is 0.206 e. The second-order valence-corrected chi connectivity index (χ2v) is 2.98. The molecule has 0 aromatic heterocycles. The van der Waals surface area contributed by atoms with Crippen LogP contribution in [-0.2, 0) is 6.42 Å². The summed E-state index contributed by atoms with van der Waals surface area (Å²) in [6, 6.07) is 4.89. The van der Waals surface area contributed by atoms with Crippen molar-refractivity contribution >= 4 is 15.9 Å². The van der Waals surface area contributed by atoms with Crippen molar-refractivity contribution in [3.63, 3.8) is 0 Å². The Morgan fingerprint density at radius 2 is 2.27 bits per heavy atom. The predicted octanol–water partition coefficient (Wildman–Crippen LogP) is 2.76. The Bertz CT molecular complexity index is 299. The molecule has 0 aliphatic heterocycles. The Hall–Kier alpha value is -0.810. The molecule has 0 aliphatic carbocycles. The van der Waals surface area contributed by atoms with E-state index in [1.54, 1.807) is 12.1 Å². The molecule has 2 heteroatoms. The van der Waals surface area contributed by atoms with Gasteiger partial charge in [-0.25, -0.2) is 4.39 Å². The van der Waals surface area contributed by atoms with Crippen molar-refractivity contribution in [2.75, 3.05) is 0 Å². The van der Waals surface area contributed by atoms with Crippen molar-refractivity contribution in [2.24, 2.45) is 0 Å². The lowest BCUT2D eigenvalue weighted by molar-refractivity contribution is 0.619. The van der Waals surface area contributed by atoms with Crippen molar-refractivity contribution in [3.05, 3.63) is 34.1 Å². The smallest absolute Gasteiger partial charge is 0.137 e. The van der Waals surface area contributed by atoms with Crippen LogP contribution in [-0.4, -0.2) is 0 Å². The number of hydrogen-bond acceptors (Lipinski definition) is 0. The van der Waals surface area contributed by atoms with E-state index in [0.29, 0.717) is 10.9 Å². The fraction of sp³-hybridized carbons (Fsp3) is 0.111. The molecule has 0 bridgehead atoms. The first kappa shape index (κ1) is 8.29. The van der Waals surface area contributed by atoms with E-state index in [0.717, 1.165) is 5.56 Å². The topological polar surface area (TPSA) is 0 Å². The Kier molecular flexibility index (Phi) is 2.67. The number of hydrogen-bond donors (Lipinski definition) is 0. The number of benzene rings is 1. The molecule has 0 radical (unpaired) electrons. The van der Waals surface area contributed by atoms with Gasteiger partial charge in [0, 0.05) is 6.42 Å². The van der Waals surface area contributed by atoms with E-state index in [-0.39, 0.29) is 5.82 Å². The molecular weight excluding hydrogens is 207 g/mol. The summed E-state index contributed by atoms with van der Waals surface area (Å²) in [5, 5.41) is 0. The fourth-order valence-electron chi connectivity index (χ4n) is 0.767. The molecule has 0 spiro atoms. The minimum atomic E-state index is -0.266. The highest BCUT2D eigenvalue weighted by Crippen LogP contribution is 2.16. The van der Waals surface area contributed by atoms with E-state index in [9.17, 15) is 4.39 Å². The maximum atomic E-state index is 12.8. The molecule has 0 amide bonds. The molecule has 56 valence electrons. The predicted molar refractivity (Wildman–Crippen MR) is 46.6 cm³/mol. The SMILES string of the molecule is C#CCc1ccc(Br)c(F)c1. The third-order valence-electron chi connectivity index (χ3n) is 1.29. The van der Waals surface area contributed by atoms with Gasteiger partial charge in [0.1, 0.15) is 5.82 Å². The van der Waals surface area contributed by atoms with Crippen molar-refractivity contribution in [3.8, 4) is 12.3 Å². The van der Waals surface area contributed by atoms with E-state index in [4.69, 9.17) is 6.42 Å². The summed E-state index contributed by atoms with van der Waals surface area (Å²) < 4.78 is 13.3. The molecule has 1 aromatic rings. The number of halogens is 2. The Labute approximate surface area is 73.6 Å². The van der Waals surface area contributed by atoms with Gasteiger partial charge in [0.25, 0.3) is 0 Å². The van der Waals surface area contributed by atoms with Crippen LogP contribution in [0.5, 0.6) is 0 Å². The van der Waals surface area contributed by atoms with Gasteiger partial charge in [0.05, 0.1) is 4.47 Å². The van der Waals surface area contributed by atoms with Crippen LogP contribution in [0.3, 0.4) is 0 Å². The first-order chi connectivity index (χ1) is 5.24. The van der Waals surface area contributed by atoms with Gasteiger partial charge in [-0.2, -0.15) is 0 Å². The van der Waals surface area contributed by atoms with Crippen molar-refractivity contribution in [1.82, 2.24) is 0 Å². The summed E-state index contributed by atoms with van der Waals surface area (Å²) in [6.07, 6.45) is 5.54. The molecule has 1 aromatic carbocycles. The molecule has 11 heavy (non-hydrogen) atoms.